The van der Waals surface area contributed by atoms with Crippen molar-refractivity contribution in [3.8, 4) is 5.75 Å². The molecule has 0 spiro atoms. The van der Waals surface area contributed by atoms with Crippen LogP contribution in [0.25, 0.3) is 0 Å². The summed E-state index contributed by atoms with van der Waals surface area (Å²) >= 11 is 7.35. The van der Waals surface area contributed by atoms with Gasteiger partial charge >= 0.3 is 0 Å². The van der Waals surface area contributed by atoms with E-state index in [-0.39, 0.29) is 5.91 Å². The number of anilines is 1. The van der Waals surface area contributed by atoms with Gasteiger partial charge < -0.3 is 10.1 Å². The van der Waals surface area contributed by atoms with Gasteiger partial charge in [0.2, 0.25) is 10.0 Å². The molecule has 0 aliphatic rings. The summed E-state index contributed by atoms with van der Waals surface area (Å²) in [4.78, 5) is 13.7. The summed E-state index contributed by atoms with van der Waals surface area (Å²) in [7, 11) is -1.68. The van der Waals surface area contributed by atoms with E-state index in [4.69, 9.17) is 16.3 Å². The van der Waals surface area contributed by atoms with E-state index in [2.05, 4.69) is 10.0 Å². The van der Waals surface area contributed by atoms with E-state index in [1.54, 1.807) is 24.3 Å². The number of thiophene rings is 1. The van der Waals surface area contributed by atoms with Gasteiger partial charge in [0.15, 0.2) is 0 Å². The lowest BCUT2D eigenvalue weighted by Crippen LogP contribution is -2.24. The average Bonchev–Trinajstić information content (AvgIpc) is 2.95. The van der Waals surface area contributed by atoms with Crippen molar-refractivity contribution < 1.29 is 17.9 Å². The smallest absolute Gasteiger partial charge is 0.265 e. The van der Waals surface area contributed by atoms with E-state index < -0.39 is 10.0 Å². The van der Waals surface area contributed by atoms with Crippen LogP contribution in [-0.4, -0.2) is 34.2 Å². The second-order valence-electron chi connectivity index (χ2n) is 4.99. The third-order valence-corrected chi connectivity index (χ3v) is 5.20. The Morgan fingerprint density at radius 3 is 2.67 bits per heavy atom. The zero-order chi connectivity index (χ0) is 17.7. The van der Waals surface area contributed by atoms with E-state index in [0.29, 0.717) is 34.3 Å². The largest absolute Gasteiger partial charge is 0.495 e. The van der Waals surface area contributed by atoms with Crippen molar-refractivity contribution in [1.82, 2.24) is 4.72 Å². The second-order valence-corrected chi connectivity index (χ2v) is 8.39. The highest BCUT2D eigenvalue weighted by Gasteiger charge is 2.11. The van der Waals surface area contributed by atoms with Gasteiger partial charge in [0, 0.05) is 17.1 Å². The van der Waals surface area contributed by atoms with Gasteiger partial charge in [0.05, 0.1) is 23.3 Å². The molecule has 0 unspecified atom stereocenters. The van der Waals surface area contributed by atoms with Gasteiger partial charge in [-0.15, -0.1) is 11.3 Å². The van der Waals surface area contributed by atoms with E-state index in [0.717, 1.165) is 11.1 Å². The Morgan fingerprint density at radius 1 is 1.29 bits per heavy atom. The van der Waals surface area contributed by atoms with Gasteiger partial charge in [-0.05, 0) is 36.8 Å². The first-order valence-electron chi connectivity index (χ1n) is 6.97. The minimum absolute atomic E-state index is 0.247. The molecule has 1 heterocycles. The second kappa shape index (κ2) is 7.98. The fourth-order valence-corrected chi connectivity index (χ4v) is 3.56. The predicted molar refractivity (Wildman–Crippen MR) is 96.8 cm³/mol. The van der Waals surface area contributed by atoms with Crippen LogP contribution in [-0.2, 0) is 16.4 Å². The number of carbonyl (C=O) groups is 1. The zero-order valence-electron chi connectivity index (χ0n) is 13.1. The number of nitrogens with one attached hydrogen (secondary N) is 2. The van der Waals surface area contributed by atoms with Crippen molar-refractivity contribution in [2.45, 2.75) is 6.42 Å². The Labute approximate surface area is 149 Å². The molecule has 9 heteroatoms. The minimum atomic E-state index is -3.20. The Bertz CT molecular complexity index is 834. The van der Waals surface area contributed by atoms with Crippen LogP contribution in [0.2, 0.25) is 5.02 Å². The zero-order valence-corrected chi connectivity index (χ0v) is 15.5. The minimum Gasteiger partial charge on any atom is -0.495 e. The molecule has 1 aromatic carbocycles. The Kier molecular flexibility index (Phi) is 6.22. The van der Waals surface area contributed by atoms with Gasteiger partial charge in [0.25, 0.3) is 5.91 Å². The van der Waals surface area contributed by atoms with E-state index >= 15 is 0 Å². The third kappa shape index (κ3) is 5.48. The molecule has 2 N–H and O–H groups in total. The number of methoxy groups -OCH3 is 1. The SMILES string of the molecule is COc1ccc(NC(=O)c2ccc(CCNS(C)(=O)=O)s2)cc1Cl. The Hall–Kier alpha value is -1.61. The summed E-state index contributed by atoms with van der Waals surface area (Å²) in [6, 6.07) is 8.51. The topological polar surface area (TPSA) is 84.5 Å². The number of sulfonamides is 1. The van der Waals surface area contributed by atoms with Gasteiger partial charge in [-0.1, -0.05) is 11.6 Å². The highest BCUT2D eigenvalue weighted by molar-refractivity contribution is 7.88. The molecule has 130 valence electrons. The molecule has 0 aliphatic carbocycles. The molecule has 0 atom stereocenters. The predicted octanol–water partition coefficient (Wildman–Crippen LogP) is 2.75. The number of hydrogen-bond acceptors (Lipinski definition) is 5. The van der Waals surface area contributed by atoms with E-state index in [1.807, 2.05) is 6.07 Å². The third-order valence-electron chi connectivity index (χ3n) is 3.03. The number of carbonyl (C=O) groups excluding carboxylic acids is 1. The van der Waals surface area contributed by atoms with Gasteiger partial charge in [-0.25, -0.2) is 13.1 Å². The fraction of sp³-hybridized carbons (Fsp3) is 0.267. The summed E-state index contributed by atoms with van der Waals surface area (Å²) in [5.41, 5.74) is 0.569. The van der Waals surface area contributed by atoms with Crippen molar-refractivity contribution in [3.63, 3.8) is 0 Å². The van der Waals surface area contributed by atoms with Crippen molar-refractivity contribution >= 4 is 44.6 Å². The summed E-state index contributed by atoms with van der Waals surface area (Å²) in [5.74, 6) is 0.287. The normalized spacial score (nSPS) is 11.3. The number of ether oxygens (including phenoxy) is 1. The summed E-state index contributed by atoms with van der Waals surface area (Å²) < 4.78 is 29.5. The summed E-state index contributed by atoms with van der Waals surface area (Å²) in [6.07, 6.45) is 1.64. The molecule has 0 saturated carbocycles. The van der Waals surface area contributed by atoms with Crippen molar-refractivity contribution in [2.24, 2.45) is 0 Å². The maximum atomic E-state index is 12.2. The van der Waals surface area contributed by atoms with Crippen molar-refractivity contribution in [1.29, 1.82) is 0 Å². The number of halogens is 1. The van der Waals surface area contributed by atoms with Crippen LogP contribution in [0.4, 0.5) is 5.69 Å². The summed E-state index contributed by atoms with van der Waals surface area (Å²) in [5, 5.41) is 3.18. The summed E-state index contributed by atoms with van der Waals surface area (Å²) in [6.45, 7) is 0.300. The number of rotatable bonds is 7. The average molecular weight is 389 g/mol. The standard InChI is InChI=1S/C15H17ClN2O4S2/c1-22-13-5-3-10(9-12(13)16)18-15(19)14-6-4-11(23-14)7-8-17-24(2,20)21/h3-6,9,17H,7-8H2,1-2H3,(H,18,19). The highest BCUT2D eigenvalue weighted by atomic mass is 35.5. The monoisotopic (exact) mass is 388 g/mol. The van der Waals surface area contributed by atoms with Crippen LogP contribution < -0.4 is 14.8 Å². The molecule has 0 bridgehead atoms. The van der Waals surface area contributed by atoms with Crippen LogP contribution in [0.5, 0.6) is 5.75 Å². The molecule has 2 aromatic rings. The quantitative estimate of drug-likeness (QED) is 0.763. The molecule has 0 saturated heterocycles. The first-order valence-corrected chi connectivity index (χ1v) is 10.1. The molecule has 6 nitrogen and oxygen atoms in total. The van der Waals surface area contributed by atoms with Gasteiger partial charge in [-0.3, -0.25) is 4.79 Å². The fourth-order valence-electron chi connectivity index (χ4n) is 1.93. The molecule has 0 fully saturated rings. The molecular weight excluding hydrogens is 372 g/mol. The van der Waals surface area contributed by atoms with Crippen LogP contribution in [0.3, 0.4) is 0 Å². The van der Waals surface area contributed by atoms with Crippen molar-refractivity contribution in [2.75, 3.05) is 25.2 Å². The molecule has 2 rings (SSSR count). The van der Waals surface area contributed by atoms with E-state index in [9.17, 15) is 13.2 Å². The number of hydrogen-bond donors (Lipinski definition) is 2. The number of benzene rings is 1. The molecule has 1 amide bonds. The Balaban J connectivity index is 1.97. The first kappa shape index (κ1) is 18.7. The van der Waals surface area contributed by atoms with Crippen LogP contribution in [0, 0.1) is 0 Å². The Morgan fingerprint density at radius 2 is 2.04 bits per heavy atom. The van der Waals surface area contributed by atoms with Gasteiger partial charge in [0.1, 0.15) is 5.75 Å². The van der Waals surface area contributed by atoms with Crippen LogP contribution in [0.15, 0.2) is 30.3 Å². The molecule has 24 heavy (non-hydrogen) atoms. The molecule has 0 radical (unpaired) electrons. The van der Waals surface area contributed by atoms with Crippen LogP contribution in [0.1, 0.15) is 14.5 Å². The number of amides is 1. The van der Waals surface area contributed by atoms with Gasteiger partial charge in [-0.2, -0.15) is 0 Å². The van der Waals surface area contributed by atoms with E-state index in [1.165, 1.54) is 18.4 Å². The highest BCUT2D eigenvalue weighted by Crippen LogP contribution is 2.28. The lowest BCUT2D eigenvalue weighted by atomic mass is 10.3. The lowest BCUT2D eigenvalue weighted by Gasteiger charge is -2.07. The van der Waals surface area contributed by atoms with Crippen LogP contribution >= 0.6 is 22.9 Å². The maximum Gasteiger partial charge on any atom is 0.265 e. The molecule has 1 aromatic heterocycles. The molecular formula is C15H17ClN2O4S2. The lowest BCUT2D eigenvalue weighted by molar-refractivity contribution is 0.103. The molecule has 0 aliphatic heterocycles. The first-order chi connectivity index (χ1) is 11.3. The van der Waals surface area contributed by atoms with Crippen molar-refractivity contribution in [3.05, 3.63) is 45.1 Å². The maximum absolute atomic E-state index is 12.2.